The first-order valence-corrected chi connectivity index (χ1v) is 14.0. The van der Waals surface area contributed by atoms with Crippen LogP contribution >= 0.6 is 0 Å². The average molecular weight is 555 g/mol. The van der Waals surface area contributed by atoms with Gasteiger partial charge in [-0.05, 0) is 79.1 Å². The molecule has 1 unspecified atom stereocenters. The van der Waals surface area contributed by atoms with Gasteiger partial charge in [-0.1, -0.05) is 44.2 Å². The number of nitrogens with two attached hydrogens (primary N) is 1. The third-order valence-electron chi connectivity index (χ3n) is 8.15. The number of carbonyl (C=O) groups is 1. The quantitative estimate of drug-likeness (QED) is 0.364. The number of nitriles is 1. The Kier molecular flexibility index (Phi) is 7.12. The molecule has 1 saturated heterocycles. The number of hydrogen-bond donors (Lipinski definition) is 3. The van der Waals surface area contributed by atoms with Crippen molar-refractivity contribution >= 4 is 6.09 Å². The average Bonchev–Trinajstić information content (AvgIpc) is 3.25. The van der Waals surface area contributed by atoms with Gasteiger partial charge in [0.1, 0.15) is 17.2 Å². The maximum atomic E-state index is 12.3. The highest BCUT2D eigenvalue weighted by molar-refractivity contribution is 5.71. The number of H-pyrrole nitrogens is 1. The molecule has 2 aliphatic rings. The number of benzene rings is 2. The van der Waals surface area contributed by atoms with Crippen molar-refractivity contribution in [1.82, 2.24) is 9.88 Å². The molecular weight excluding hydrogens is 516 g/mol. The van der Waals surface area contributed by atoms with Gasteiger partial charge in [0.15, 0.2) is 0 Å². The van der Waals surface area contributed by atoms with Crippen LogP contribution in [-0.2, 0) is 16.8 Å². The highest BCUT2D eigenvalue weighted by Gasteiger charge is 2.50. The molecule has 0 aliphatic carbocycles. The zero-order valence-corrected chi connectivity index (χ0v) is 24.5. The summed E-state index contributed by atoms with van der Waals surface area (Å²) in [5, 5.41) is 20.6. The molecule has 4 N–H and O–H groups in total. The number of amides is 1. The van der Waals surface area contributed by atoms with Crippen molar-refractivity contribution in [2.75, 3.05) is 13.1 Å². The molecule has 3 aromatic rings. The van der Waals surface area contributed by atoms with E-state index in [9.17, 15) is 15.2 Å². The summed E-state index contributed by atoms with van der Waals surface area (Å²) in [4.78, 5) is 17.2. The van der Waals surface area contributed by atoms with E-state index in [1.165, 1.54) is 0 Å². The zero-order valence-electron chi connectivity index (χ0n) is 24.5. The molecule has 2 aliphatic heterocycles. The van der Waals surface area contributed by atoms with Gasteiger partial charge in [0, 0.05) is 30.8 Å². The summed E-state index contributed by atoms with van der Waals surface area (Å²) < 4.78 is 11.3. The highest BCUT2D eigenvalue weighted by Crippen LogP contribution is 2.53. The molecule has 8 heteroatoms. The standard InChI is InChI=1S/C33H38N4O4/c1-19(2)33(27(14-34)29(35)40-30-28(33)20(3)15-36-30)26-12-21(18-38)11-24(13-26)22-7-9-23(10-8-22)25-16-37(17-25)31(39)41-32(4,5)6/h7-13,15,19,25,36,38H,16-18,35H2,1-6H3. The fourth-order valence-electron chi connectivity index (χ4n) is 6.18. The number of fused-ring (bicyclic) bond motifs is 1. The van der Waals surface area contributed by atoms with E-state index < -0.39 is 11.0 Å². The summed E-state index contributed by atoms with van der Waals surface area (Å²) in [5.41, 5.74) is 11.9. The number of hydrogen-bond acceptors (Lipinski definition) is 6. The monoisotopic (exact) mass is 554 g/mol. The van der Waals surface area contributed by atoms with Gasteiger partial charge in [0.2, 0.25) is 11.8 Å². The SMILES string of the molecule is Cc1c[nH]c2c1C(c1cc(CO)cc(-c3ccc(C4CN(C(=O)OC(C)(C)C)C4)cc3)c1)(C(C)C)C(C#N)=C(N)O2. The Morgan fingerprint density at radius 1 is 1.22 bits per heavy atom. The van der Waals surface area contributed by atoms with E-state index in [-0.39, 0.29) is 30.4 Å². The van der Waals surface area contributed by atoms with Gasteiger partial charge in [0.25, 0.3) is 0 Å². The predicted molar refractivity (Wildman–Crippen MR) is 157 cm³/mol. The summed E-state index contributed by atoms with van der Waals surface area (Å²) in [7, 11) is 0. The van der Waals surface area contributed by atoms with Crippen molar-refractivity contribution in [1.29, 1.82) is 5.26 Å². The molecule has 5 rings (SSSR count). The van der Waals surface area contributed by atoms with Crippen LogP contribution in [0.25, 0.3) is 11.1 Å². The lowest BCUT2D eigenvalue weighted by Crippen LogP contribution is -2.50. The van der Waals surface area contributed by atoms with Crippen LogP contribution < -0.4 is 10.5 Å². The molecule has 3 heterocycles. The number of nitrogens with one attached hydrogen (secondary N) is 1. The number of aromatic amines is 1. The second-order valence-corrected chi connectivity index (χ2v) is 12.4. The highest BCUT2D eigenvalue weighted by atomic mass is 16.6. The molecule has 1 amide bonds. The maximum absolute atomic E-state index is 12.3. The zero-order chi connectivity index (χ0) is 29.7. The smallest absolute Gasteiger partial charge is 0.410 e. The number of ether oxygens (including phenoxy) is 2. The van der Waals surface area contributed by atoms with E-state index in [1.807, 2.05) is 46.0 Å². The van der Waals surface area contributed by atoms with Crippen molar-refractivity contribution in [2.24, 2.45) is 11.7 Å². The minimum absolute atomic E-state index is 0.0523. The van der Waals surface area contributed by atoms with Crippen molar-refractivity contribution in [3.63, 3.8) is 0 Å². The third kappa shape index (κ3) is 4.85. The number of aryl methyl sites for hydroxylation is 1. The molecule has 0 radical (unpaired) electrons. The van der Waals surface area contributed by atoms with E-state index in [0.717, 1.165) is 38.9 Å². The number of aliphatic hydroxyl groups is 1. The fraction of sp³-hybridized carbons (Fsp3) is 0.394. The topological polar surface area (TPSA) is 125 Å². The Hall–Kier alpha value is -4.22. The van der Waals surface area contributed by atoms with Gasteiger partial charge in [-0.25, -0.2) is 4.79 Å². The van der Waals surface area contributed by atoms with Crippen LogP contribution in [0.1, 0.15) is 68.4 Å². The van der Waals surface area contributed by atoms with Crippen molar-refractivity contribution in [3.8, 4) is 23.1 Å². The molecule has 0 spiro atoms. The minimum Gasteiger partial charge on any atom is -0.444 e. The fourth-order valence-corrected chi connectivity index (χ4v) is 6.18. The van der Waals surface area contributed by atoms with Crippen molar-refractivity contribution in [2.45, 2.75) is 65.1 Å². The summed E-state index contributed by atoms with van der Waals surface area (Å²) in [5.74, 6) is 0.818. The van der Waals surface area contributed by atoms with Gasteiger partial charge in [0.05, 0.1) is 12.0 Å². The first-order chi connectivity index (χ1) is 19.4. The Morgan fingerprint density at radius 3 is 2.49 bits per heavy atom. The third-order valence-corrected chi connectivity index (χ3v) is 8.15. The Morgan fingerprint density at radius 2 is 1.90 bits per heavy atom. The van der Waals surface area contributed by atoms with Gasteiger partial charge in [-0.2, -0.15) is 5.26 Å². The van der Waals surface area contributed by atoms with Crippen molar-refractivity contribution in [3.05, 3.63) is 87.9 Å². The second-order valence-electron chi connectivity index (χ2n) is 12.4. The Bertz CT molecular complexity index is 1550. The van der Waals surface area contributed by atoms with Gasteiger partial charge in [-0.15, -0.1) is 0 Å². The molecule has 8 nitrogen and oxygen atoms in total. The number of likely N-dealkylation sites (tertiary alicyclic amines) is 1. The van der Waals surface area contributed by atoms with Crippen LogP contribution in [0.2, 0.25) is 0 Å². The summed E-state index contributed by atoms with van der Waals surface area (Å²) in [6.07, 6.45) is 1.59. The molecule has 41 heavy (non-hydrogen) atoms. The normalized spacial score (nSPS) is 19.0. The van der Waals surface area contributed by atoms with E-state index in [4.69, 9.17) is 15.2 Å². The number of aliphatic hydroxyl groups excluding tert-OH is 1. The molecule has 1 fully saturated rings. The minimum atomic E-state index is -0.868. The lowest BCUT2D eigenvalue weighted by Gasteiger charge is -2.42. The summed E-state index contributed by atoms with van der Waals surface area (Å²) >= 11 is 0. The molecule has 0 saturated carbocycles. The van der Waals surface area contributed by atoms with Gasteiger partial charge in [-0.3, -0.25) is 0 Å². The molecule has 1 atom stereocenters. The van der Waals surface area contributed by atoms with Crippen LogP contribution in [0.5, 0.6) is 5.88 Å². The molecule has 0 bridgehead atoms. The summed E-state index contributed by atoms with van der Waals surface area (Å²) in [6, 6.07) is 16.7. The maximum Gasteiger partial charge on any atom is 0.410 e. The van der Waals surface area contributed by atoms with Crippen LogP contribution in [0, 0.1) is 24.2 Å². The van der Waals surface area contributed by atoms with Gasteiger partial charge < -0.3 is 30.2 Å². The van der Waals surface area contributed by atoms with E-state index in [1.54, 1.807) is 4.90 Å². The Balaban J connectivity index is 1.51. The predicted octanol–water partition coefficient (Wildman–Crippen LogP) is 5.85. The first-order valence-electron chi connectivity index (χ1n) is 14.0. The molecule has 2 aromatic carbocycles. The van der Waals surface area contributed by atoms with E-state index in [2.05, 4.69) is 55.2 Å². The van der Waals surface area contributed by atoms with Crippen LogP contribution in [-0.4, -0.2) is 39.8 Å². The number of aromatic nitrogens is 1. The number of rotatable bonds is 5. The number of carbonyl (C=O) groups excluding carboxylic acids is 1. The number of allylic oxidation sites excluding steroid dienone is 1. The molecule has 214 valence electrons. The van der Waals surface area contributed by atoms with Gasteiger partial charge >= 0.3 is 6.09 Å². The van der Waals surface area contributed by atoms with E-state index >= 15 is 0 Å². The lowest BCUT2D eigenvalue weighted by molar-refractivity contribution is 0.00819. The van der Waals surface area contributed by atoms with E-state index in [0.29, 0.717) is 24.5 Å². The molecular formula is C33H38N4O4. The largest absolute Gasteiger partial charge is 0.444 e. The van der Waals surface area contributed by atoms with Crippen molar-refractivity contribution < 1.29 is 19.4 Å². The second kappa shape index (κ2) is 10.3. The summed E-state index contributed by atoms with van der Waals surface area (Å²) in [6.45, 7) is 12.9. The van der Waals surface area contributed by atoms with Crippen LogP contribution in [0.3, 0.4) is 0 Å². The number of nitrogens with zero attached hydrogens (tertiary/aromatic N) is 2. The molecule has 1 aromatic heterocycles. The van der Waals surface area contributed by atoms with Crippen LogP contribution in [0.4, 0.5) is 4.79 Å². The van der Waals surface area contributed by atoms with Crippen LogP contribution in [0.15, 0.2) is 60.1 Å². The first kappa shape index (κ1) is 28.3. The lowest BCUT2D eigenvalue weighted by atomic mass is 9.61. The Labute approximate surface area is 241 Å².